The number of amides is 2. The first kappa shape index (κ1) is 22.8. The average molecular weight is 481 g/mol. The summed E-state index contributed by atoms with van der Waals surface area (Å²) in [6.45, 7) is 2.54. The molecule has 1 heterocycles. The van der Waals surface area contributed by atoms with Gasteiger partial charge in [-0.25, -0.2) is 4.79 Å². The van der Waals surface area contributed by atoms with Gasteiger partial charge >= 0.3 is 12.1 Å². The largest absolute Gasteiger partial charge is 0.480 e. The molecular weight excluding hydrogens is 452 g/mol. The molecule has 7 nitrogen and oxygen atoms in total. The van der Waals surface area contributed by atoms with Gasteiger partial charge in [-0.2, -0.15) is 0 Å². The molecule has 1 aliphatic heterocycles. The number of hydrogen-bond donors (Lipinski definition) is 2. The van der Waals surface area contributed by atoms with E-state index in [-0.39, 0.29) is 30.9 Å². The van der Waals surface area contributed by atoms with Gasteiger partial charge in [0.2, 0.25) is 5.91 Å². The zero-order valence-corrected chi connectivity index (χ0v) is 19.8. The first-order chi connectivity index (χ1) is 16.4. The summed E-state index contributed by atoms with van der Waals surface area (Å²) in [6, 6.07) is 16.3. The maximum Gasteiger partial charge on any atom is 0.408 e. The van der Waals surface area contributed by atoms with Crippen molar-refractivity contribution >= 4 is 29.7 Å². The molecule has 5 rings (SSSR count). The Morgan fingerprint density at radius 1 is 1.09 bits per heavy atom. The minimum absolute atomic E-state index is 0.0262. The van der Waals surface area contributed by atoms with Crippen molar-refractivity contribution in [1.29, 1.82) is 0 Å². The van der Waals surface area contributed by atoms with Gasteiger partial charge in [0, 0.05) is 24.8 Å². The number of alkyl carbamates (subject to hydrolysis) is 1. The van der Waals surface area contributed by atoms with E-state index in [4.69, 9.17) is 4.74 Å². The van der Waals surface area contributed by atoms with E-state index in [1.54, 1.807) is 11.8 Å². The third kappa shape index (κ3) is 4.15. The Hall–Kier alpha value is -3.00. The van der Waals surface area contributed by atoms with E-state index in [9.17, 15) is 19.5 Å². The van der Waals surface area contributed by atoms with Gasteiger partial charge < -0.3 is 20.1 Å². The lowest BCUT2D eigenvalue weighted by molar-refractivity contribution is -0.141. The Morgan fingerprint density at radius 2 is 1.71 bits per heavy atom. The Morgan fingerprint density at radius 3 is 2.29 bits per heavy atom. The zero-order chi connectivity index (χ0) is 23.9. The summed E-state index contributed by atoms with van der Waals surface area (Å²) in [6.07, 6.45) is 1.07. The molecule has 0 radical (unpaired) electrons. The number of rotatable bonds is 6. The molecule has 2 aromatic rings. The molecule has 34 heavy (non-hydrogen) atoms. The number of ether oxygens (including phenoxy) is 1. The van der Waals surface area contributed by atoms with Crippen LogP contribution in [0.1, 0.15) is 36.8 Å². The maximum atomic E-state index is 13.4. The second-order valence-corrected chi connectivity index (χ2v) is 10.7. The molecule has 1 saturated heterocycles. The van der Waals surface area contributed by atoms with E-state index in [0.29, 0.717) is 12.3 Å². The lowest BCUT2D eigenvalue weighted by atomic mass is 9.93. The minimum Gasteiger partial charge on any atom is -0.480 e. The SMILES string of the molecule is CC(NC(=O)OCC1c2ccccc2-c2ccccc21)(C(=O)N1CCSC(C(=O)O)C1)C1CC1. The van der Waals surface area contributed by atoms with Crippen LogP contribution in [0.4, 0.5) is 4.79 Å². The number of hydrogen-bond acceptors (Lipinski definition) is 5. The highest BCUT2D eigenvalue weighted by Gasteiger charge is 2.51. The number of carboxylic acid groups (broad SMARTS) is 1. The van der Waals surface area contributed by atoms with E-state index >= 15 is 0 Å². The van der Waals surface area contributed by atoms with Crippen LogP contribution < -0.4 is 5.32 Å². The highest BCUT2D eigenvalue weighted by atomic mass is 32.2. The van der Waals surface area contributed by atoms with Gasteiger partial charge in [-0.3, -0.25) is 9.59 Å². The molecule has 8 heteroatoms. The van der Waals surface area contributed by atoms with Crippen molar-refractivity contribution in [3.8, 4) is 11.1 Å². The molecular formula is C26H28N2O5S. The number of carboxylic acids is 1. The maximum absolute atomic E-state index is 13.4. The van der Waals surface area contributed by atoms with Crippen molar-refractivity contribution in [2.45, 2.75) is 36.5 Å². The normalized spacial score (nSPS) is 21.2. The number of carbonyl (C=O) groups is 3. The fourth-order valence-electron chi connectivity index (χ4n) is 5.15. The molecule has 0 aromatic heterocycles. The van der Waals surface area contributed by atoms with Gasteiger partial charge in [0.15, 0.2) is 0 Å². The number of nitrogens with zero attached hydrogens (tertiary/aromatic N) is 1. The summed E-state index contributed by atoms with van der Waals surface area (Å²) in [4.78, 5) is 39.4. The summed E-state index contributed by atoms with van der Waals surface area (Å²) in [5.41, 5.74) is 3.46. The van der Waals surface area contributed by atoms with Crippen LogP contribution in [-0.2, 0) is 14.3 Å². The summed E-state index contributed by atoms with van der Waals surface area (Å²) in [5.74, 6) is -0.612. The van der Waals surface area contributed by atoms with Crippen LogP contribution >= 0.6 is 11.8 Å². The number of benzene rings is 2. The predicted molar refractivity (Wildman–Crippen MR) is 130 cm³/mol. The lowest BCUT2D eigenvalue weighted by Crippen LogP contribution is -2.61. The van der Waals surface area contributed by atoms with Crippen LogP contribution in [0.25, 0.3) is 11.1 Å². The third-order valence-corrected chi connectivity index (χ3v) is 8.34. The molecule has 1 saturated carbocycles. The molecule has 2 N–H and O–H groups in total. The van der Waals surface area contributed by atoms with Crippen LogP contribution in [0.3, 0.4) is 0 Å². The van der Waals surface area contributed by atoms with Crippen molar-refractivity contribution in [2.24, 2.45) is 5.92 Å². The number of fused-ring (bicyclic) bond motifs is 3. The quantitative estimate of drug-likeness (QED) is 0.654. The fraction of sp³-hybridized carbons (Fsp3) is 0.423. The highest BCUT2D eigenvalue weighted by Crippen LogP contribution is 2.45. The van der Waals surface area contributed by atoms with Crippen LogP contribution in [0, 0.1) is 5.92 Å². The van der Waals surface area contributed by atoms with E-state index < -0.39 is 22.9 Å². The number of nitrogens with one attached hydrogen (secondary N) is 1. The van der Waals surface area contributed by atoms with Gasteiger partial charge in [0.25, 0.3) is 0 Å². The van der Waals surface area contributed by atoms with Gasteiger partial charge in [0.05, 0.1) is 0 Å². The van der Waals surface area contributed by atoms with E-state index in [1.807, 2.05) is 24.3 Å². The molecule has 2 aromatic carbocycles. The van der Waals surface area contributed by atoms with Gasteiger partial charge in [-0.05, 0) is 47.9 Å². The Kier molecular flexibility index (Phi) is 6.02. The van der Waals surface area contributed by atoms with Crippen molar-refractivity contribution in [2.75, 3.05) is 25.4 Å². The second kappa shape index (κ2) is 8.98. The van der Waals surface area contributed by atoms with E-state index in [1.165, 1.54) is 11.8 Å². The van der Waals surface area contributed by atoms with Crippen LogP contribution in [0.5, 0.6) is 0 Å². The number of carbonyl (C=O) groups excluding carboxylic acids is 2. The number of aliphatic carboxylic acids is 1. The Labute approximate surface area is 202 Å². The molecule has 2 atom stereocenters. The Balaban J connectivity index is 1.28. The van der Waals surface area contributed by atoms with Gasteiger partial charge in [-0.1, -0.05) is 48.5 Å². The minimum atomic E-state index is -1.10. The predicted octanol–water partition coefficient (Wildman–Crippen LogP) is 3.72. The lowest BCUT2D eigenvalue weighted by Gasteiger charge is -2.38. The van der Waals surface area contributed by atoms with Crippen LogP contribution in [0.15, 0.2) is 48.5 Å². The molecule has 3 aliphatic rings. The molecule has 178 valence electrons. The zero-order valence-electron chi connectivity index (χ0n) is 19.0. The topological polar surface area (TPSA) is 95.9 Å². The van der Waals surface area contributed by atoms with Gasteiger partial charge in [-0.15, -0.1) is 11.8 Å². The highest BCUT2D eigenvalue weighted by molar-refractivity contribution is 8.00. The Bertz CT molecular complexity index is 1090. The van der Waals surface area contributed by atoms with Crippen LogP contribution in [-0.4, -0.2) is 64.2 Å². The summed E-state index contributed by atoms with van der Waals surface area (Å²) in [7, 11) is 0. The molecule has 2 amide bonds. The summed E-state index contributed by atoms with van der Waals surface area (Å²) < 4.78 is 5.69. The average Bonchev–Trinajstić information content (AvgIpc) is 3.66. The number of thioether (sulfide) groups is 1. The summed E-state index contributed by atoms with van der Waals surface area (Å²) in [5, 5.41) is 11.6. The van der Waals surface area contributed by atoms with Crippen molar-refractivity contribution < 1.29 is 24.2 Å². The van der Waals surface area contributed by atoms with Gasteiger partial charge in [0.1, 0.15) is 17.4 Å². The molecule has 0 bridgehead atoms. The van der Waals surface area contributed by atoms with Crippen molar-refractivity contribution in [3.63, 3.8) is 0 Å². The standard InChI is InChI=1S/C26H28N2O5S/c1-26(16-10-11-16,24(31)28-12-13-34-22(14-28)23(29)30)27-25(32)33-15-21-19-8-4-2-6-17(19)18-7-3-5-9-20(18)21/h2-9,16,21-22H,10-15H2,1H3,(H,27,32)(H,29,30). The molecule has 0 spiro atoms. The van der Waals surface area contributed by atoms with Crippen LogP contribution in [0.2, 0.25) is 0 Å². The first-order valence-corrected chi connectivity index (χ1v) is 12.7. The monoisotopic (exact) mass is 480 g/mol. The van der Waals surface area contributed by atoms with E-state index in [2.05, 4.69) is 29.6 Å². The van der Waals surface area contributed by atoms with Crippen molar-refractivity contribution in [3.05, 3.63) is 59.7 Å². The fourth-order valence-corrected chi connectivity index (χ4v) is 6.19. The first-order valence-electron chi connectivity index (χ1n) is 11.7. The van der Waals surface area contributed by atoms with E-state index in [0.717, 1.165) is 35.1 Å². The second-order valence-electron chi connectivity index (χ2n) is 9.38. The smallest absolute Gasteiger partial charge is 0.408 e. The van der Waals surface area contributed by atoms with Crippen molar-refractivity contribution in [1.82, 2.24) is 10.2 Å². The summed E-state index contributed by atoms with van der Waals surface area (Å²) >= 11 is 1.35. The molecule has 2 unspecified atom stereocenters. The molecule has 2 fully saturated rings. The molecule has 2 aliphatic carbocycles. The third-order valence-electron chi connectivity index (χ3n) is 7.17.